The summed E-state index contributed by atoms with van der Waals surface area (Å²) >= 11 is 0. The Morgan fingerprint density at radius 2 is 2.05 bits per heavy atom. The van der Waals surface area contributed by atoms with Crippen molar-refractivity contribution in [2.75, 3.05) is 13.2 Å². The first-order valence-electron chi connectivity index (χ1n) is 7.38. The van der Waals surface area contributed by atoms with Crippen LogP contribution in [0.3, 0.4) is 0 Å². The zero-order chi connectivity index (χ0) is 13.7. The van der Waals surface area contributed by atoms with E-state index in [0.29, 0.717) is 23.8 Å². The van der Waals surface area contributed by atoms with Crippen molar-refractivity contribution in [2.45, 2.75) is 45.3 Å². The van der Waals surface area contributed by atoms with E-state index >= 15 is 0 Å². The second-order valence-electron chi connectivity index (χ2n) is 5.33. The number of benzene rings is 1. The fraction of sp³-hybridized carbons (Fsp3) is 0.625. The smallest absolute Gasteiger partial charge is 0.115 e. The number of phenolic OH excluding ortho intramolecular Hbond substituents is 1. The van der Waals surface area contributed by atoms with Gasteiger partial charge in [-0.25, -0.2) is 0 Å². The molecule has 3 atom stereocenters. The summed E-state index contributed by atoms with van der Waals surface area (Å²) in [6.45, 7) is 6.30. The van der Waals surface area contributed by atoms with E-state index < -0.39 is 0 Å². The van der Waals surface area contributed by atoms with Crippen LogP contribution in [0.4, 0.5) is 0 Å². The van der Waals surface area contributed by atoms with E-state index in [1.54, 1.807) is 12.1 Å². The molecular weight excluding hydrogens is 238 g/mol. The Hall–Kier alpha value is -1.06. The highest BCUT2D eigenvalue weighted by molar-refractivity contribution is 5.27. The molecule has 1 saturated heterocycles. The second-order valence-corrected chi connectivity index (χ2v) is 5.33. The second kappa shape index (κ2) is 6.92. The molecule has 1 heterocycles. The van der Waals surface area contributed by atoms with Gasteiger partial charge in [0.25, 0.3) is 0 Å². The highest BCUT2D eigenvalue weighted by Crippen LogP contribution is 2.25. The molecule has 3 heteroatoms. The van der Waals surface area contributed by atoms with E-state index in [9.17, 15) is 5.11 Å². The molecule has 0 radical (unpaired) electrons. The Morgan fingerprint density at radius 3 is 2.68 bits per heavy atom. The molecule has 1 aliphatic heterocycles. The molecule has 0 bridgehead atoms. The Labute approximate surface area is 116 Å². The van der Waals surface area contributed by atoms with Gasteiger partial charge in [0, 0.05) is 19.2 Å². The normalized spacial score (nSPS) is 24.5. The van der Waals surface area contributed by atoms with Crippen molar-refractivity contribution in [3.8, 4) is 5.75 Å². The molecule has 0 spiro atoms. The number of nitrogens with one attached hydrogen (secondary N) is 1. The Balaban J connectivity index is 1.90. The molecule has 1 aromatic carbocycles. The standard InChI is InChI=1S/C16H25NO2/c1-3-15(12-5-7-14(18)8-6-12)17-11-13-9-10-19-16(13)4-2/h5-8,13,15-18H,3-4,9-11H2,1-2H3. The number of aromatic hydroxyl groups is 1. The molecule has 0 amide bonds. The van der Waals surface area contributed by atoms with Gasteiger partial charge in [-0.1, -0.05) is 26.0 Å². The van der Waals surface area contributed by atoms with Gasteiger partial charge in [0.05, 0.1) is 6.10 Å². The zero-order valence-corrected chi connectivity index (χ0v) is 11.9. The third-order valence-electron chi connectivity index (χ3n) is 4.08. The van der Waals surface area contributed by atoms with Crippen LogP contribution in [0.2, 0.25) is 0 Å². The van der Waals surface area contributed by atoms with Gasteiger partial charge in [0.2, 0.25) is 0 Å². The SMILES string of the molecule is CCC(NCC1CCOC1CC)c1ccc(O)cc1. The first kappa shape index (κ1) is 14.4. The number of ether oxygens (including phenoxy) is 1. The minimum absolute atomic E-state index is 0.328. The monoisotopic (exact) mass is 263 g/mol. The molecule has 0 saturated carbocycles. The van der Waals surface area contributed by atoms with Gasteiger partial charge >= 0.3 is 0 Å². The lowest BCUT2D eigenvalue weighted by Gasteiger charge is -2.22. The number of rotatable bonds is 6. The van der Waals surface area contributed by atoms with Crippen LogP contribution >= 0.6 is 0 Å². The summed E-state index contributed by atoms with van der Waals surface area (Å²) in [4.78, 5) is 0. The fourth-order valence-corrected chi connectivity index (χ4v) is 2.88. The highest BCUT2D eigenvalue weighted by atomic mass is 16.5. The van der Waals surface area contributed by atoms with Crippen molar-refractivity contribution in [1.29, 1.82) is 0 Å². The topological polar surface area (TPSA) is 41.5 Å². The molecular formula is C16H25NO2. The van der Waals surface area contributed by atoms with E-state index in [1.165, 1.54) is 5.56 Å². The maximum atomic E-state index is 9.34. The van der Waals surface area contributed by atoms with Crippen LogP contribution < -0.4 is 5.32 Å². The lowest BCUT2D eigenvalue weighted by molar-refractivity contribution is 0.0865. The van der Waals surface area contributed by atoms with Crippen molar-refractivity contribution < 1.29 is 9.84 Å². The average Bonchev–Trinajstić information content (AvgIpc) is 2.89. The van der Waals surface area contributed by atoms with Crippen molar-refractivity contribution in [3.63, 3.8) is 0 Å². The minimum Gasteiger partial charge on any atom is -0.508 e. The molecule has 0 aromatic heterocycles. The quantitative estimate of drug-likeness (QED) is 0.828. The first-order valence-corrected chi connectivity index (χ1v) is 7.38. The van der Waals surface area contributed by atoms with Gasteiger partial charge in [-0.3, -0.25) is 0 Å². The van der Waals surface area contributed by atoms with Gasteiger partial charge in [-0.2, -0.15) is 0 Å². The maximum Gasteiger partial charge on any atom is 0.115 e. The first-order chi connectivity index (χ1) is 9.24. The molecule has 3 unspecified atom stereocenters. The summed E-state index contributed by atoms with van der Waals surface area (Å²) in [5, 5.41) is 13.0. The van der Waals surface area contributed by atoms with Crippen LogP contribution in [0.25, 0.3) is 0 Å². The Kier molecular flexibility index (Phi) is 5.23. The maximum absolute atomic E-state index is 9.34. The molecule has 2 rings (SSSR count). The average molecular weight is 263 g/mol. The van der Waals surface area contributed by atoms with Crippen LogP contribution in [-0.2, 0) is 4.74 Å². The van der Waals surface area contributed by atoms with Crippen LogP contribution in [0.5, 0.6) is 5.75 Å². The summed E-state index contributed by atoms with van der Waals surface area (Å²) in [6.07, 6.45) is 3.74. The lowest BCUT2D eigenvalue weighted by atomic mass is 9.98. The van der Waals surface area contributed by atoms with Crippen LogP contribution in [0.15, 0.2) is 24.3 Å². The molecule has 1 fully saturated rings. The van der Waals surface area contributed by atoms with E-state index in [1.807, 2.05) is 12.1 Å². The van der Waals surface area contributed by atoms with Crippen molar-refractivity contribution in [3.05, 3.63) is 29.8 Å². The molecule has 0 aliphatic carbocycles. The van der Waals surface area contributed by atoms with Crippen LogP contribution in [-0.4, -0.2) is 24.4 Å². The predicted octanol–water partition coefficient (Wildman–Crippen LogP) is 3.25. The molecule has 3 nitrogen and oxygen atoms in total. The van der Waals surface area contributed by atoms with Crippen LogP contribution in [0, 0.1) is 5.92 Å². The van der Waals surface area contributed by atoms with Crippen LogP contribution in [0.1, 0.15) is 44.7 Å². The van der Waals surface area contributed by atoms with Gasteiger partial charge in [-0.05, 0) is 42.9 Å². The summed E-state index contributed by atoms with van der Waals surface area (Å²) in [5.74, 6) is 0.963. The predicted molar refractivity (Wildman–Crippen MR) is 77.3 cm³/mol. The molecule has 106 valence electrons. The van der Waals surface area contributed by atoms with Gasteiger partial charge in [-0.15, -0.1) is 0 Å². The van der Waals surface area contributed by atoms with E-state index in [-0.39, 0.29) is 0 Å². The third kappa shape index (κ3) is 3.71. The summed E-state index contributed by atoms with van der Waals surface area (Å²) in [7, 11) is 0. The fourth-order valence-electron chi connectivity index (χ4n) is 2.88. The van der Waals surface area contributed by atoms with Gasteiger partial charge < -0.3 is 15.2 Å². The van der Waals surface area contributed by atoms with Crippen molar-refractivity contribution >= 4 is 0 Å². The third-order valence-corrected chi connectivity index (χ3v) is 4.08. The molecule has 2 N–H and O–H groups in total. The zero-order valence-electron chi connectivity index (χ0n) is 11.9. The largest absolute Gasteiger partial charge is 0.508 e. The Morgan fingerprint density at radius 1 is 1.32 bits per heavy atom. The highest BCUT2D eigenvalue weighted by Gasteiger charge is 2.26. The number of phenols is 1. The molecule has 1 aliphatic rings. The summed E-state index contributed by atoms with van der Waals surface area (Å²) in [6, 6.07) is 7.87. The van der Waals surface area contributed by atoms with Crippen molar-refractivity contribution in [2.24, 2.45) is 5.92 Å². The minimum atomic E-state index is 0.328. The number of hydrogen-bond acceptors (Lipinski definition) is 3. The van der Waals surface area contributed by atoms with Crippen molar-refractivity contribution in [1.82, 2.24) is 5.32 Å². The Bertz CT molecular complexity index is 377. The van der Waals surface area contributed by atoms with E-state index in [4.69, 9.17) is 4.74 Å². The summed E-state index contributed by atoms with van der Waals surface area (Å²) < 4.78 is 5.73. The van der Waals surface area contributed by atoms with Gasteiger partial charge in [0.15, 0.2) is 0 Å². The van der Waals surface area contributed by atoms with E-state index in [0.717, 1.165) is 32.4 Å². The molecule has 19 heavy (non-hydrogen) atoms. The van der Waals surface area contributed by atoms with Gasteiger partial charge in [0.1, 0.15) is 5.75 Å². The number of hydrogen-bond donors (Lipinski definition) is 2. The van der Waals surface area contributed by atoms with E-state index in [2.05, 4.69) is 19.2 Å². The summed E-state index contributed by atoms with van der Waals surface area (Å²) in [5.41, 5.74) is 1.24. The lowest BCUT2D eigenvalue weighted by Crippen LogP contribution is -2.31. The molecule has 1 aromatic rings.